The van der Waals surface area contributed by atoms with Crippen LogP contribution in [-0.4, -0.2) is 61.8 Å². The summed E-state index contributed by atoms with van der Waals surface area (Å²) in [6.45, 7) is 13.7. The number of rotatable bonds is 6. The van der Waals surface area contributed by atoms with Gasteiger partial charge in [-0.2, -0.15) is 0 Å². The predicted molar refractivity (Wildman–Crippen MR) is 81.8 cm³/mol. The summed E-state index contributed by atoms with van der Waals surface area (Å²) in [5.41, 5.74) is -0.0542. The Hall–Kier alpha value is -0.650. The van der Waals surface area contributed by atoms with Gasteiger partial charge in [0.15, 0.2) is 0 Å². The second kappa shape index (κ2) is 7.38. The second-order valence-electron chi connectivity index (χ2n) is 6.65. The molecule has 1 amide bonds. The lowest BCUT2D eigenvalue weighted by Gasteiger charge is -2.45. The van der Waals surface area contributed by atoms with E-state index in [1.54, 1.807) is 0 Å². The van der Waals surface area contributed by atoms with E-state index in [2.05, 4.69) is 43.2 Å². The van der Waals surface area contributed by atoms with Gasteiger partial charge in [0.1, 0.15) is 0 Å². The van der Waals surface area contributed by atoms with E-state index in [4.69, 9.17) is 4.74 Å². The van der Waals surface area contributed by atoms with E-state index in [9.17, 15) is 4.79 Å². The summed E-state index contributed by atoms with van der Waals surface area (Å²) >= 11 is 0. The van der Waals surface area contributed by atoms with Crippen molar-refractivity contribution in [1.29, 1.82) is 0 Å². The van der Waals surface area contributed by atoms with Crippen molar-refractivity contribution in [3.8, 4) is 0 Å². The summed E-state index contributed by atoms with van der Waals surface area (Å²) in [6, 6.07) is 0. The van der Waals surface area contributed by atoms with Crippen LogP contribution < -0.4 is 10.6 Å². The quantitative estimate of drug-likeness (QED) is 0.759. The Bertz CT molecular complexity index is 310. The van der Waals surface area contributed by atoms with Crippen LogP contribution in [-0.2, 0) is 9.53 Å². The van der Waals surface area contributed by atoms with Crippen LogP contribution in [0.25, 0.3) is 0 Å². The van der Waals surface area contributed by atoms with E-state index in [1.807, 2.05) is 14.0 Å². The van der Waals surface area contributed by atoms with Crippen molar-refractivity contribution >= 4 is 5.91 Å². The normalized spacial score (nSPS) is 26.3. The first-order chi connectivity index (χ1) is 9.26. The number of amides is 1. The van der Waals surface area contributed by atoms with Crippen molar-refractivity contribution in [2.24, 2.45) is 5.92 Å². The van der Waals surface area contributed by atoms with Crippen LogP contribution >= 0.6 is 0 Å². The van der Waals surface area contributed by atoms with Crippen molar-refractivity contribution in [1.82, 2.24) is 15.5 Å². The van der Waals surface area contributed by atoms with Crippen molar-refractivity contribution in [2.45, 2.75) is 52.4 Å². The van der Waals surface area contributed by atoms with Gasteiger partial charge in [0.05, 0.1) is 12.2 Å². The number of carbonyl (C=O) groups excluding carboxylic acids is 1. The maximum Gasteiger partial charge on any atom is 0.224 e. The second-order valence-corrected chi connectivity index (χ2v) is 6.65. The molecule has 0 radical (unpaired) electrons. The highest BCUT2D eigenvalue weighted by Gasteiger charge is 2.33. The summed E-state index contributed by atoms with van der Waals surface area (Å²) in [4.78, 5) is 14.4. The Balaban J connectivity index is 2.50. The van der Waals surface area contributed by atoms with Gasteiger partial charge in [-0.25, -0.2) is 0 Å². The van der Waals surface area contributed by atoms with Crippen LogP contribution in [0.3, 0.4) is 0 Å². The molecule has 3 unspecified atom stereocenters. The maximum atomic E-state index is 12.0. The molecule has 1 fully saturated rings. The standard InChI is InChI=1S/C15H31N3O2/c1-11(7-16-6)14(19)17-10-15(4,5)18-8-12(2)20-13(3)9-18/h11-13,16H,7-10H2,1-6H3,(H,17,19). The van der Waals surface area contributed by atoms with Crippen molar-refractivity contribution in [3.63, 3.8) is 0 Å². The fraction of sp³-hybridized carbons (Fsp3) is 0.933. The van der Waals surface area contributed by atoms with Gasteiger partial charge in [-0.1, -0.05) is 6.92 Å². The molecular formula is C15H31N3O2. The SMILES string of the molecule is CNCC(C)C(=O)NCC(C)(C)N1CC(C)OC(C)C1. The topological polar surface area (TPSA) is 53.6 Å². The summed E-state index contributed by atoms with van der Waals surface area (Å²) in [7, 11) is 1.87. The first-order valence-electron chi connectivity index (χ1n) is 7.59. The van der Waals surface area contributed by atoms with Crippen LogP contribution in [0.15, 0.2) is 0 Å². The van der Waals surface area contributed by atoms with E-state index < -0.39 is 0 Å². The maximum absolute atomic E-state index is 12.0. The minimum Gasteiger partial charge on any atom is -0.373 e. The number of carbonyl (C=O) groups is 1. The average molecular weight is 285 g/mol. The Morgan fingerprint density at radius 2 is 1.90 bits per heavy atom. The molecule has 0 saturated carbocycles. The van der Waals surface area contributed by atoms with Crippen LogP contribution in [0.2, 0.25) is 0 Å². The molecule has 1 rings (SSSR count). The Morgan fingerprint density at radius 1 is 1.35 bits per heavy atom. The lowest BCUT2D eigenvalue weighted by molar-refractivity contribution is -0.126. The highest BCUT2D eigenvalue weighted by atomic mass is 16.5. The number of hydrogen-bond donors (Lipinski definition) is 2. The Morgan fingerprint density at radius 3 is 2.40 bits per heavy atom. The van der Waals surface area contributed by atoms with E-state index in [0.717, 1.165) is 13.1 Å². The summed E-state index contributed by atoms with van der Waals surface area (Å²) in [5, 5.41) is 6.11. The zero-order chi connectivity index (χ0) is 15.3. The number of morpholine rings is 1. The number of ether oxygens (including phenoxy) is 1. The minimum absolute atomic E-state index is 0.00154. The molecule has 0 aromatic rings. The van der Waals surface area contributed by atoms with Gasteiger partial charge in [-0.15, -0.1) is 0 Å². The van der Waals surface area contributed by atoms with Gasteiger partial charge in [0.2, 0.25) is 5.91 Å². The molecule has 0 aromatic heterocycles. The first kappa shape index (κ1) is 17.4. The number of nitrogens with zero attached hydrogens (tertiary/aromatic N) is 1. The van der Waals surface area contributed by atoms with Crippen molar-refractivity contribution in [3.05, 3.63) is 0 Å². The van der Waals surface area contributed by atoms with Crippen molar-refractivity contribution < 1.29 is 9.53 Å². The zero-order valence-electron chi connectivity index (χ0n) is 13.8. The largest absolute Gasteiger partial charge is 0.373 e. The molecule has 5 nitrogen and oxygen atoms in total. The molecule has 0 aromatic carbocycles. The summed E-state index contributed by atoms with van der Waals surface area (Å²) in [6.07, 6.45) is 0.494. The zero-order valence-corrected chi connectivity index (χ0v) is 13.8. The number of hydrogen-bond acceptors (Lipinski definition) is 4. The fourth-order valence-electron chi connectivity index (χ4n) is 2.66. The van der Waals surface area contributed by atoms with Crippen LogP contribution in [0.5, 0.6) is 0 Å². The molecule has 0 spiro atoms. The first-order valence-corrected chi connectivity index (χ1v) is 7.59. The molecule has 118 valence electrons. The van der Waals surface area contributed by atoms with Crippen molar-refractivity contribution in [2.75, 3.05) is 33.2 Å². The fourth-order valence-corrected chi connectivity index (χ4v) is 2.66. The molecule has 5 heteroatoms. The summed E-state index contributed by atoms with van der Waals surface area (Å²) < 4.78 is 5.77. The lowest BCUT2D eigenvalue weighted by Crippen LogP contribution is -2.59. The molecular weight excluding hydrogens is 254 g/mol. The number of nitrogens with one attached hydrogen (secondary N) is 2. The Labute approximate surface area is 123 Å². The molecule has 20 heavy (non-hydrogen) atoms. The predicted octanol–water partition coefficient (Wildman–Crippen LogP) is 0.846. The molecule has 0 bridgehead atoms. The Kier molecular flexibility index (Phi) is 6.43. The molecule has 0 aliphatic carbocycles. The van der Waals surface area contributed by atoms with E-state index in [0.29, 0.717) is 13.1 Å². The molecule has 1 heterocycles. The van der Waals surface area contributed by atoms with E-state index in [-0.39, 0.29) is 29.6 Å². The van der Waals surface area contributed by atoms with E-state index in [1.165, 1.54) is 0 Å². The lowest BCUT2D eigenvalue weighted by atomic mass is 9.99. The van der Waals surface area contributed by atoms with E-state index >= 15 is 0 Å². The van der Waals surface area contributed by atoms with Crippen LogP contribution in [0.1, 0.15) is 34.6 Å². The van der Waals surface area contributed by atoms with Gasteiger partial charge < -0.3 is 15.4 Å². The third-order valence-electron chi connectivity index (χ3n) is 3.93. The molecule has 1 saturated heterocycles. The monoisotopic (exact) mass is 285 g/mol. The smallest absolute Gasteiger partial charge is 0.224 e. The van der Waals surface area contributed by atoms with Gasteiger partial charge in [0, 0.05) is 37.6 Å². The van der Waals surface area contributed by atoms with Crippen LogP contribution in [0.4, 0.5) is 0 Å². The molecule has 2 N–H and O–H groups in total. The van der Waals surface area contributed by atoms with Gasteiger partial charge in [-0.3, -0.25) is 9.69 Å². The van der Waals surface area contributed by atoms with Gasteiger partial charge in [-0.05, 0) is 34.7 Å². The minimum atomic E-state index is -0.0542. The molecule has 3 atom stereocenters. The van der Waals surface area contributed by atoms with Gasteiger partial charge in [0.25, 0.3) is 0 Å². The highest BCUT2D eigenvalue weighted by molar-refractivity contribution is 5.78. The third-order valence-corrected chi connectivity index (χ3v) is 3.93. The van der Waals surface area contributed by atoms with Gasteiger partial charge >= 0.3 is 0 Å². The third kappa shape index (κ3) is 5.04. The molecule has 1 aliphatic heterocycles. The molecule has 1 aliphatic rings. The highest BCUT2D eigenvalue weighted by Crippen LogP contribution is 2.20. The van der Waals surface area contributed by atoms with Crippen LogP contribution in [0, 0.1) is 5.92 Å². The summed E-state index contributed by atoms with van der Waals surface area (Å²) in [5.74, 6) is 0.111. The average Bonchev–Trinajstić information content (AvgIpc) is 2.35.